The van der Waals surface area contributed by atoms with Crippen LogP contribution in [0.15, 0.2) is 10.9 Å². The van der Waals surface area contributed by atoms with Gasteiger partial charge in [0, 0.05) is 23.7 Å². The SMILES string of the molecule is CCn1c(C)cc(CCCCl)c(C)c1=O. The second kappa shape index (κ2) is 5.36. The van der Waals surface area contributed by atoms with Crippen molar-refractivity contribution in [3.05, 3.63) is 33.2 Å². The molecular weight excluding hydrogens is 210 g/mol. The molecule has 0 N–H and O–H groups in total. The monoisotopic (exact) mass is 227 g/mol. The third kappa shape index (κ3) is 2.63. The van der Waals surface area contributed by atoms with E-state index in [1.165, 1.54) is 0 Å². The van der Waals surface area contributed by atoms with Crippen LogP contribution >= 0.6 is 11.6 Å². The molecule has 1 heterocycles. The Morgan fingerprint density at radius 3 is 2.60 bits per heavy atom. The zero-order valence-corrected chi connectivity index (χ0v) is 10.4. The molecule has 15 heavy (non-hydrogen) atoms. The first-order valence-electron chi connectivity index (χ1n) is 5.37. The maximum absolute atomic E-state index is 11.9. The van der Waals surface area contributed by atoms with Crippen molar-refractivity contribution in [3.8, 4) is 0 Å². The van der Waals surface area contributed by atoms with E-state index in [1.807, 2.05) is 20.8 Å². The highest BCUT2D eigenvalue weighted by molar-refractivity contribution is 6.17. The van der Waals surface area contributed by atoms with Crippen molar-refractivity contribution in [3.63, 3.8) is 0 Å². The van der Waals surface area contributed by atoms with E-state index in [1.54, 1.807) is 4.57 Å². The van der Waals surface area contributed by atoms with E-state index in [9.17, 15) is 4.79 Å². The molecule has 0 unspecified atom stereocenters. The summed E-state index contributed by atoms with van der Waals surface area (Å²) in [5.74, 6) is 0.648. The molecule has 0 bridgehead atoms. The van der Waals surface area contributed by atoms with Crippen molar-refractivity contribution in [1.82, 2.24) is 4.57 Å². The summed E-state index contributed by atoms with van der Waals surface area (Å²) in [4.78, 5) is 11.9. The van der Waals surface area contributed by atoms with Crippen molar-refractivity contribution < 1.29 is 0 Å². The first-order valence-corrected chi connectivity index (χ1v) is 5.91. The summed E-state index contributed by atoms with van der Waals surface area (Å²) in [7, 11) is 0. The highest BCUT2D eigenvalue weighted by Gasteiger charge is 2.07. The molecule has 0 saturated carbocycles. The first-order chi connectivity index (χ1) is 7.11. The molecule has 1 rings (SSSR count). The molecular formula is C12H18ClNO. The average Bonchev–Trinajstić information content (AvgIpc) is 2.22. The Morgan fingerprint density at radius 2 is 2.07 bits per heavy atom. The Bertz CT molecular complexity index is 395. The number of aromatic nitrogens is 1. The summed E-state index contributed by atoms with van der Waals surface area (Å²) in [5.41, 5.74) is 3.19. The minimum absolute atomic E-state index is 0.141. The van der Waals surface area contributed by atoms with Crippen LogP contribution in [0.2, 0.25) is 0 Å². The van der Waals surface area contributed by atoms with E-state index in [2.05, 4.69) is 6.07 Å². The summed E-state index contributed by atoms with van der Waals surface area (Å²) < 4.78 is 1.81. The van der Waals surface area contributed by atoms with Gasteiger partial charge in [0.25, 0.3) is 5.56 Å². The van der Waals surface area contributed by atoms with Gasteiger partial charge < -0.3 is 4.57 Å². The van der Waals surface area contributed by atoms with Gasteiger partial charge in [0.1, 0.15) is 0 Å². The smallest absolute Gasteiger partial charge is 0.253 e. The fourth-order valence-electron chi connectivity index (χ4n) is 1.85. The maximum atomic E-state index is 11.9. The third-order valence-electron chi connectivity index (χ3n) is 2.75. The average molecular weight is 228 g/mol. The topological polar surface area (TPSA) is 22.0 Å². The van der Waals surface area contributed by atoms with Crippen LogP contribution in [0.1, 0.15) is 30.2 Å². The molecule has 84 valence electrons. The number of rotatable bonds is 4. The molecule has 0 atom stereocenters. The quantitative estimate of drug-likeness (QED) is 0.725. The Balaban J connectivity index is 3.16. The number of pyridine rings is 1. The fraction of sp³-hybridized carbons (Fsp3) is 0.583. The molecule has 3 heteroatoms. The summed E-state index contributed by atoms with van der Waals surface area (Å²) >= 11 is 5.66. The lowest BCUT2D eigenvalue weighted by atomic mass is 10.1. The van der Waals surface area contributed by atoms with Crippen molar-refractivity contribution in [2.45, 2.75) is 40.2 Å². The van der Waals surface area contributed by atoms with E-state index in [0.717, 1.165) is 36.2 Å². The Labute approximate surface area is 95.9 Å². The van der Waals surface area contributed by atoms with Crippen molar-refractivity contribution >= 4 is 11.6 Å². The summed E-state index contributed by atoms with van der Waals surface area (Å²) in [6.45, 7) is 6.61. The number of hydrogen-bond donors (Lipinski definition) is 0. The van der Waals surface area contributed by atoms with Gasteiger partial charge in [-0.3, -0.25) is 4.79 Å². The van der Waals surface area contributed by atoms with Crippen LogP contribution in [0.25, 0.3) is 0 Å². The number of aryl methyl sites for hydroxylation is 2. The van der Waals surface area contributed by atoms with E-state index in [4.69, 9.17) is 11.6 Å². The van der Waals surface area contributed by atoms with Crippen LogP contribution in [0.5, 0.6) is 0 Å². The molecule has 2 nitrogen and oxygen atoms in total. The highest BCUT2D eigenvalue weighted by Crippen LogP contribution is 2.09. The van der Waals surface area contributed by atoms with Crippen LogP contribution in [0.3, 0.4) is 0 Å². The maximum Gasteiger partial charge on any atom is 0.253 e. The highest BCUT2D eigenvalue weighted by atomic mass is 35.5. The number of alkyl halides is 1. The van der Waals surface area contributed by atoms with Gasteiger partial charge in [-0.1, -0.05) is 0 Å². The second-order valence-electron chi connectivity index (χ2n) is 3.78. The molecule has 0 amide bonds. The summed E-state index contributed by atoms with van der Waals surface area (Å²) in [6, 6.07) is 2.10. The molecule has 0 aliphatic carbocycles. The standard InChI is InChI=1S/C12H18ClNO/c1-4-14-9(2)8-11(6-5-7-13)10(3)12(14)15/h8H,4-7H2,1-3H3. The second-order valence-corrected chi connectivity index (χ2v) is 4.16. The molecule has 0 saturated heterocycles. The van der Waals surface area contributed by atoms with Crippen LogP contribution in [-0.2, 0) is 13.0 Å². The van der Waals surface area contributed by atoms with Gasteiger partial charge in [-0.15, -0.1) is 11.6 Å². The minimum Gasteiger partial charge on any atom is -0.313 e. The third-order valence-corrected chi connectivity index (χ3v) is 3.02. The van der Waals surface area contributed by atoms with Gasteiger partial charge >= 0.3 is 0 Å². The zero-order chi connectivity index (χ0) is 11.4. The van der Waals surface area contributed by atoms with Crippen molar-refractivity contribution in [2.24, 2.45) is 0 Å². The minimum atomic E-state index is 0.141. The number of hydrogen-bond acceptors (Lipinski definition) is 1. The van der Waals surface area contributed by atoms with E-state index >= 15 is 0 Å². The van der Waals surface area contributed by atoms with Crippen LogP contribution in [0, 0.1) is 13.8 Å². The molecule has 0 radical (unpaired) electrons. The van der Waals surface area contributed by atoms with Gasteiger partial charge in [0.2, 0.25) is 0 Å². The Hall–Kier alpha value is -0.760. The molecule has 0 aromatic carbocycles. The Kier molecular flexibility index (Phi) is 4.40. The van der Waals surface area contributed by atoms with Crippen LogP contribution in [0.4, 0.5) is 0 Å². The van der Waals surface area contributed by atoms with Gasteiger partial charge in [0.05, 0.1) is 0 Å². The normalized spacial score (nSPS) is 10.7. The van der Waals surface area contributed by atoms with Crippen LogP contribution < -0.4 is 5.56 Å². The lowest BCUT2D eigenvalue weighted by molar-refractivity contribution is 0.688. The zero-order valence-electron chi connectivity index (χ0n) is 9.64. The predicted molar refractivity (Wildman–Crippen MR) is 64.9 cm³/mol. The Morgan fingerprint density at radius 1 is 1.40 bits per heavy atom. The lowest BCUT2D eigenvalue weighted by Crippen LogP contribution is -2.25. The van der Waals surface area contributed by atoms with E-state index < -0.39 is 0 Å². The molecule has 0 aliphatic heterocycles. The van der Waals surface area contributed by atoms with Crippen LogP contribution in [-0.4, -0.2) is 10.4 Å². The van der Waals surface area contributed by atoms with Crippen molar-refractivity contribution in [1.29, 1.82) is 0 Å². The predicted octanol–water partition coefficient (Wildman–Crippen LogP) is 2.66. The fourth-order valence-corrected chi connectivity index (χ4v) is 1.98. The molecule has 1 aromatic heterocycles. The lowest BCUT2D eigenvalue weighted by Gasteiger charge is -2.12. The van der Waals surface area contributed by atoms with Gasteiger partial charge in [0.15, 0.2) is 0 Å². The first kappa shape index (κ1) is 12.3. The van der Waals surface area contributed by atoms with E-state index in [0.29, 0.717) is 5.88 Å². The van der Waals surface area contributed by atoms with E-state index in [-0.39, 0.29) is 5.56 Å². The van der Waals surface area contributed by atoms with Crippen molar-refractivity contribution in [2.75, 3.05) is 5.88 Å². The molecule has 0 spiro atoms. The summed E-state index contributed by atoms with van der Waals surface area (Å²) in [6.07, 6.45) is 1.83. The molecule has 0 aliphatic rings. The summed E-state index contributed by atoms with van der Waals surface area (Å²) in [5, 5.41) is 0. The van der Waals surface area contributed by atoms with Gasteiger partial charge in [-0.25, -0.2) is 0 Å². The largest absolute Gasteiger partial charge is 0.313 e. The number of halogens is 1. The molecule has 1 aromatic rings. The molecule has 0 fully saturated rings. The van der Waals surface area contributed by atoms with Gasteiger partial charge in [-0.05, 0) is 45.2 Å². The van der Waals surface area contributed by atoms with Gasteiger partial charge in [-0.2, -0.15) is 0 Å². The number of nitrogens with zero attached hydrogens (tertiary/aromatic N) is 1.